The Morgan fingerprint density at radius 2 is 1.26 bits per heavy atom. The molecule has 19 heavy (non-hydrogen) atoms. The molecule has 0 aliphatic rings. The molecule has 3 nitrogen and oxygen atoms in total. The minimum Gasteiger partial charge on any atom is -0.410 e. The molecule has 0 heterocycles. The number of hydrogen-bond donors (Lipinski definition) is 1. The summed E-state index contributed by atoms with van der Waals surface area (Å²) < 4.78 is 0. The lowest BCUT2D eigenvalue weighted by Gasteiger charge is -2.04. The number of ketones is 1. The van der Waals surface area contributed by atoms with Gasteiger partial charge in [-0.1, -0.05) is 40.5 Å². The van der Waals surface area contributed by atoms with Crippen LogP contribution in [0, 0.1) is 0 Å². The zero-order valence-electron chi connectivity index (χ0n) is 9.68. The minimum atomic E-state index is -0.388. The van der Waals surface area contributed by atoms with Crippen LogP contribution in [0.1, 0.15) is 15.9 Å². The van der Waals surface area contributed by atoms with Gasteiger partial charge in [-0.3, -0.25) is 4.79 Å². The first-order chi connectivity index (χ1) is 9.11. The number of carbonyl (C=O) groups is 1. The summed E-state index contributed by atoms with van der Waals surface area (Å²) in [5.74, 6) is -0.388. The van der Waals surface area contributed by atoms with Crippen molar-refractivity contribution >= 4 is 34.7 Å². The summed E-state index contributed by atoms with van der Waals surface area (Å²) in [6, 6.07) is 12.8. The summed E-state index contributed by atoms with van der Waals surface area (Å²) in [5.41, 5.74) is 0.845. The second-order valence-electron chi connectivity index (χ2n) is 3.79. The van der Waals surface area contributed by atoms with E-state index in [9.17, 15) is 4.79 Å². The molecule has 0 aliphatic carbocycles. The van der Waals surface area contributed by atoms with Crippen LogP contribution >= 0.6 is 23.2 Å². The highest BCUT2D eigenvalue weighted by Crippen LogP contribution is 2.15. The molecule has 96 valence electrons. The van der Waals surface area contributed by atoms with E-state index < -0.39 is 0 Å². The van der Waals surface area contributed by atoms with Crippen LogP contribution in [0.3, 0.4) is 0 Å². The van der Waals surface area contributed by atoms with Crippen molar-refractivity contribution in [2.75, 3.05) is 0 Å². The van der Waals surface area contributed by atoms with Gasteiger partial charge < -0.3 is 5.21 Å². The molecule has 0 bridgehead atoms. The van der Waals surface area contributed by atoms with Gasteiger partial charge in [-0.25, -0.2) is 0 Å². The summed E-state index contributed by atoms with van der Waals surface area (Å²) in [4.78, 5) is 12.2. The minimum absolute atomic E-state index is 0.0426. The van der Waals surface area contributed by atoms with Crippen LogP contribution in [0.4, 0.5) is 0 Å². The fraction of sp³-hybridized carbons (Fsp3) is 0. The monoisotopic (exact) mass is 293 g/mol. The number of rotatable bonds is 3. The summed E-state index contributed by atoms with van der Waals surface area (Å²) in [7, 11) is 0. The van der Waals surface area contributed by atoms with E-state index in [1.54, 1.807) is 48.5 Å². The van der Waals surface area contributed by atoms with E-state index in [0.717, 1.165) is 0 Å². The van der Waals surface area contributed by atoms with E-state index in [4.69, 9.17) is 28.4 Å². The zero-order chi connectivity index (χ0) is 13.8. The molecule has 0 aromatic heterocycles. The molecule has 5 heteroatoms. The maximum Gasteiger partial charge on any atom is 0.215 e. The van der Waals surface area contributed by atoms with Gasteiger partial charge >= 0.3 is 0 Å². The normalized spacial score (nSPS) is 11.4. The molecular formula is C14H9Cl2NO2. The average molecular weight is 294 g/mol. The highest BCUT2D eigenvalue weighted by atomic mass is 35.5. The van der Waals surface area contributed by atoms with Gasteiger partial charge in [0.05, 0.1) is 0 Å². The van der Waals surface area contributed by atoms with Crippen LogP contribution in [0.2, 0.25) is 10.0 Å². The number of nitrogens with zero attached hydrogens (tertiary/aromatic N) is 1. The van der Waals surface area contributed by atoms with Gasteiger partial charge in [0.15, 0.2) is 5.71 Å². The van der Waals surface area contributed by atoms with Gasteiger partial charge in [0, 0.05) is 21.2 Å². The van der Waals surface area contributed by atoms with Crippen molar-refractivity contribution in [3.05, 3.63) is 69.7 Å². The summed E-state index contributed by atoms with van der Waals surface area (Å²) in [5, 5.41) is 13.2. The summed E-state index contributed by atoms with van der Waals surface area (Å²) in [6.45, 7) is 0. The highest BCUT2D eigenvalue weighted by molar-refractivity contribution is 6.51. The van der Waals surface area contributed by atoms with Crippen LogP contribution in [0.15, 0.2) is 53.7 Å². The summed E-state index contributed by atoms with van der Waals surface area (Å²) >= 11 is 11.5. The van der Waals surface area contributed by atoms with Crippen molar-refractivity contribution in [3.63, 3.8) is 0 Å². The van der Waals surface area contributed by atoms with Gasteiger partial charge in [0.2, 0.25) is 5.78 Å². The van der Waals surface area contributed by atoms with E-state index in [-0.39, 0.29) is 11.5 Å². The van der Waals surface area contributed by atoms with Gasteiger partial charge in [0.25, 0.3) is 0 Å². The summed E-state index contributed by atoms with van der Waals surface area (Å²) in [6.07, 6.45) is 0. The second kappa shape index (κ2) is 5.87. The Morgan fingerprint density at radius 3 is 1.68 bits per heavy atom. The zero-order valence-corrected chi connectivity index (χ0v) is 11.2. The van der Waals surface area contributed by atoms with Gasteiger partial charge in [-0.2, -0.15) is 0 Å². The average Bonchev–Trinajstić information content (AvgIpc) is 2.42. The van der Waals surface area contributed by atoms with E-state index in [2.05, 4.69) is 5.16 Å². The number of hydrogen-bond acceptors (Lipinski definition) is 3. The maximum absolute atomic E-state index is 12.2. The molecule has 0 spiro atoms. The largest absolute Gasteiger partial charge is 0.410 e. The molecule has 0 amide bonds. The predicted octanol–water partition coefficient (Wildman–Crippen LogP) is 4.05. The Labute approximate surface area is 120 Å². The van der Waals surface area contributed by atoms with Gasteiger partial charge in [-0.05, 0) is 36.4 Å². The van der Waals surface area contributed by atoms with E-state index >= 15 is 0 Å². The molecule has 0 fully saturated rings. The Bertz CT molecular complexity index is 619. The molecule has 2 aromatic rings. The first kappa shape index (κ1) is 13.6. The van der Waals surface area contributed by atoms with Crippen molar-refractivity contribution in [1.82, 2.24) is 0 Å². The Kier molecular flexibility index (Phi) is 4.20. The number of benzene rings is 2. The van der Waals surface area contributed by atoms with Gasteiger partial charge in [-0.15, -0.1) is 0 Å². The number of oxime groups is 1. The third-order valence-corrected chi connectivity index (χ3v) is 3.04. The Balaban J connectivity index is 2.35. The third-order valence-electron chi connectivity index (χ3n) is 2.54. The van der Waals surface area contributed by atoms with E-state index in [0.29, 0.717) is 21.2 Å². The molecular weight excluding hydrogens is 285 g/mol. The van der Waals surface area contributed by atoms with Gasteiger partial charge in [0.1, 0.15) is 0 Å². The van der Waals surface area contributed by atoms with E-state index in [1.807, 2.05) is 0 Å². The highest BCUT2D eigenvalue weighted by Gasteiger charge is 2.16. The van der Waals surface area contributed by atoms with Crippen molar-refractivity contribution in [3.8, 4) is 0 Å². The van der Waals surface area contributed by atoms with Crippen LogP contribution in [0.5, 0.6) is 0 Å². The number of Topliss-reactive ketones (excluding diaryl/α,β-unsaturated/α-hetero) is 1. The van der Waals surface area contributed by atoms with Crippen LogP contribution in [-0.4, -0.2) is 16.7 Å². The lowest BCUT2D eigenvalue weighted by Crippen LogP contribution is -2.15. The molecule has 0 saturated carbocycles. The van der Waals surface area contributed by atoms with E-state index in [1.165, 1.54) is 0 Å². The smallest absolute Gasteiger partial charge is 0.215 e. The lowest BCUT2D eigenvalue weighted by atomic mass is 10.0. The first-order valence-corrected chi connectivity index (χ1v) is 6.15. The second-order valence-corrected chi connectivity index (χ2v) is 4.66. The first-order valence-electron chi connectivity index (χ1n) is 5.40. The molecule has 0 unspecified atom stereocenters. The SMILES string of the molecule is O=C(/C(=N\O)c1ccc(Cl)cc1)c1ccc(Cl)cc1. The molecule has 0 saturated heterocycles. The van der Waals surface area contributed by atoms with Crippen LogP contribution in [0.25, 0.3) is 0 Å². The molecule has 0 aliphatic heterocycles. The quantitative estimate of drug-likeness (QED) is 0.402. The fourth-order valence-corrected chi connectivity index (χ4v) is 1.83. The van der Waals surface area contributed by atoms with Crippen molar-refractivity contribution < 1.29 is 10.0 Å². The third kappa shape index (κ3) is 3.13. The van der Waals surface area contributed by atoms with Crippen molar-refractivity contribution in [2.45, 2.75) is 0 Å². The topological polar surface area (TPSA) is 49.7 Å². The number of carbonyl (C=O) groups excluding carboxylic acids is 1. The number of halogens is 2. The molecule has 1 N–H and O–H groups in total. The molecule has 0 atom stereocenters. The Hall–Kier alpha value is -1.84. The van der Waals surface area contributed by atoms with Crippen molar-refractivity contribution in [2.24, 2.45) is 5.16 Å². The fourth-order valence-electron chi connectivity index (χ4n) is 1.58. The molecule has 2 aromatic carbocycles. The van der Waals surface area contributed by atoms with Crippen LogP contribution < -0.4 is 0 Å². The van der Waals surface area contributed by atoms with Crippen LogP contribution in [-0.2, 0) is 0 Å². The Morgan fingerprint density at radius 1 is 0.842 bits per heavy atom. The molecule has 0 radical (unpaired) electrons. The maximum atomic E-state index is 12.2. The standard InChI is InChI=1S/C14H9Cl2NO2/c15-11-5-1-9(2-6-11)13(17-19)14(18)10-3-7-12(16)8-4-10/h1-8,19H/b17-13-. The predicted molar refractivity (Wildman–Crippen MR) is 75.6 cm³/mol. The van der Waals surface area contributed by atoms with Crippen molar-refractivity contribution in [1.29, 1.82) is 0 Å². The molecule has 2 rings (SSSR count). The lowest BCUT2D eigenvalue weighted by molar-refractivity contribution is 0.106.